The largest absolute Gasteiger partial charge is 0.396 e. The van der Waals surface area contributed by atoms with Crippen molar-refractivity contribution in [2.75, 3.05) is 20.2 Å². The van der Waals surface area contributed by atoms with Crippen molar-refractivity contribution in [3.63, 3.8) is 0 Å². The zero-order chi connectivity index (χ0) is 14.5. The predicted molar refractivity (Wildman–Crippen MR) is 66.5 cm³/mol. The predicted octanol–water partition coefficient (Wildman–Crippen LogP) is 0.613. The number of aliphatic hydroxyl groups is 1. The van der Waals surface area contributed by atoms with Gasteiger partial charge in [0, 0.05) is 26.7 Å². The van der Waals surface area contributed by atoms with Crippen molar-refractivity contribution in [3.05, 3.63) is 35.4 Å². The Bertz CT molecular complexity index is 523. The Morgan fingerprint density at radius 1 is 1.32 bits per heavy atom. The topological polar surface area (TPSA) is 69.6 Å². The van der Waals surface area contributed by atoms with Crippen LogP contribution in [0.15, 0.2) is 18.2 Å². The van der Waals surface area contributed by atoms with Crippen molar-refractivity contribution >= 4 is 10.2 Å². The van der Waals surface area contributed by atoms with Crippen molar-refractivity contribution in [2.24, 2.45) is 0 Å². The minimum Gasteiger partial charge on any atom is -0.396 e. The highest BCUT2D eigenvalue weighted by Gasteiger charge is 2.16. The summed E-state index contributed by atoms with van der Waals surface area (Å²) in [5.41, 5.74) is 0.318. The Morgan fingerprint density at radius 2 is 2.00 bits per heavy atom. The second-order valence-corrected chi connectivity index (χ2v) is 5.84. The molecule has 0 unspecified atom stereocenters. The van der Waals surface area contributed by atoms with E-state index in [-0.39, 0.29) is 19.7 Å². The third kappa shape index (κ3) is 4.83. The fraction of sp³-hybridized carbons (Fsp3) is 0.455. The summed E-state index contributed by atoms with van der Waals surface area (Å²) in [5.74, 6) is -2.00. The van der Waals surface area contributed by atoms with E-state index < -0.39 is 21.8 Å². The maximum Gasteiger partial charge on any atom is 0.279 e. The molecule has 0 bridgehead atoms. The summed E-state index contributed by atoms with van der Waals surface area (Å²) in [6.07, 6.45) is 0.322. The molecule has 0 aliphatic heterocycles. The number of hydrogen-bond acceptors (Lipinski definition) is 3. The van der Waals surface area contributed by atoms with Gasteiger partial charge in [0.25, 0.3) is 10.2 Å². The smallest absolute Gasteiger partial charge is 0.279 e. The van der Waals surface area contributed by atoms with Crippen molar-refractivity contribution in [1.29, 1.82) is 0 Å². The van der Waals surface area contributed by atoms with Crippen LogP contribution in [0.3, 0.4) is 0 Å². The van der Waals surface area contributed by atoms with Crippen LogP contribution in [0.1, 0.15) is 12.0 Å². The molecule has 1 rings (SSSR count). The van der Waals surface area contributed by atoms with Crippen molar-refractivity contribution in [3.8, 4) is 0 Å². The lowest BCUT2D eigenvalue weighted by Crippen LogP contribution is -2.38. The lowest BCUT2D eigenvalue weighted by atomic mass is 10.2. The first kappa shape index (κ1) is 16.0. The summed E-state index contributed by atoms with van der Waals surface area (Å²) < 4.78 is 52.4. The lowest BCUT2D eigenvalue weighted by Gasteiger charge is -2.17. The molecule has 0 saturated heterocycles. The van der Waals surface area contributed by atoms with Gasteiger partial charge < -0.3 is 5.11 Å². The second-order valence-electron chi connectivity index (χ2n) is 3.97. The first-order chi connectivity index (χ1) is 8.86. The SMILES string of the molecule is CN(CCCO)S(=O)(=O)NCc1ccc(F)c(F)c1. The summed E-state index contributed by atoms with van der Waals surface area (Å²) in [4.78, 5) is 0. The average molecular weight is 294 g/mol. The van der Waals surface area contributed by atoms with Gasteiger partial charge in [-0.05, 0) is 24.1 Å². The molecule has 0 heterocycles. The zero-order valence-corrected chi connectivity index (χ0v) is 11.3. The third-order valence-electron chi connectivity index (χ3n) is 2.48. The van der Waals surface area contributed by atoms with E-state index in [1.807, 2.05) is 0 Å². The quantitative estimate of drug-likeness (QED) is 0.774. The van der Waals surface area contributed by atoms with Crippen LogP contribution in [0.4, 0.5) is 8.78 Å². The zero-order valence-electron chi connectivity index (χ0n) is 10.4. The Hall–Kier alpha value is -1.09. The van der Waals surface area contributed by atoms with Crippen LogP contribution in [-0.2, 0) is 16.8 Å². The second kappa shape index (κ2) is 6.90. The molecule has 0 spiro atoms. The number of nitrogens with zero attached hydrogens (tertiary/aromatic N) is 1. The molecule has 8 heteroatoms. The van der Waals surface area contributed by atoms with Crippen LogP contribution in [0.5, 0.6) is 0 Å². The highest BCUT2D eigenvalue weighted by atomic mass is 32.2. The third-order valence-corrected chi connectivity index (χ3v) is 4.00. The molecule has 0 aliphatic rings. The van der Waals surface area contributed by atoms with E-state index in [2.05, 4.69) is 4.72 Å². The number of rotatable bonds is 7. The maximum atomic E-state index is 12.9. The van der Waals surface area contributed by atoms with Crippen LogP contribution in [-0.4, -0.2) is 38.0 Å². The van der Waals surface area contributed by atoms with E-state index in [0.29, 0.717) is 12.0 Å². The Kier molecular flexibility index (Phi) is 5.80. The summed E-state index contributed by atoms with van der Waals surface area (Å²) in [7, 11) is -2.33. The minimum atomic E-state index is -3.70. The van der Waals surface area contributed by atoms with Gasteiger partial charge in [-0.15, -0.1) is 0 Å². The summed E-state index contributed by atoms with van der Waals surface area (Å²) in [6, 6.07) is 3.18. The van der Waals surface area contributed by atoms with E-state index in [0.717, 1.165) is 16.4 Å². The van der Waals surface area contributed by atoms with Crippen LogP contribution < -0.4 is 4.72 Å². The number of aliphatic hydroxyl groups excluding tert-OH is 1. The van der Waals surface area contributed by atoms with Gasteiger partial charge in [-0.3, -0.25) is 0 Å². The Morgan fingerprint density at radius 3 is 2.58 bits per heavy atom. The van der Waals surface area contributed by atoms with Crippen LogP contribution in [0.2, 0.25) is 0 Å². The van der Waals surface area contributed by atoms with E-state index in [4.69, 9.17) is 5.11 Å². The molecule has 0 aliphatic carbocycles. The van der Waals surface area contributed by atoms with Gasteiger partial charge in [0.2, 0.25) is 0 Å². The van der Waals surface area contributed by atoms with Crippen LogP contribution >= 0.6 is 0 Å². The molecular weight excluding hydrogens is 278 g/mol. The summed E-state index contributed by atoms with van der Waals surface area (Å²) in [5, 5.41) is 8.63. The summed E-state index contributed by atoms with van der Waals surface area (Å²) >= 11 is 0. The van der Waals surface area contributed by atoms with Crippen molar-refractivity contribution < 1.29 is 22.3 Å². The van der Waals surface area contributed by atoms with Gasteiger partial charge in [-0.2, -0.15) is 17.4 Å². The van der Waals surface area contributed by atoms with Gasteiger partial charge in [0.1, 0.15) is 0 Å². The molecule has 108 valence electrons. The normalized spacial score (nSPS) is 12.1. The van der Waals surface area contributed by atoms with E-state index in [9.17, 15) is 17.2 Å². The average Bonchev–Trinajstić information content (AvgIpc) is 2.37. The molecular formula is C11H16F2N2O3S. The standard InChI is InChI=1S/C11H16F2N2O3S/c1-15(5-2-6-16)19(17,18)14-8-9-3-4-10(12)11(13)7-9/h3-4,7,14,16H,2,5-6,8H2,1H3. The first-order valence-corrected chi connectivity index (χ1v) is 7.06. The molecule has 1 aromatic rings. The molecule has 5 nitrogen and oxygen atoms in total. The molecule has 2 N–H and O–H groups in total. The number of benzene rings is 1. The van der Waals surface area contributed by atoms with Crippen molar-refractivity contribution in [1.82, 2.24) is 9.03 Å². The van der Waals surface area contributed by atoms with Gasteiger partial charge in [0.05, 0.1) is 0 Å². The molecule has 0 atom stereocenters. The number of halogens is 2. The molecule has 0 aromatic heterocycles. The number of hydrogen-bond donors (Lipinski definition) is 2. The lowest BCUT2D eigenvalue weighted by molar-refractivity contribution is 0.275. The van der Waals surface area contributed by atoms with Gasteiger partial charge >= 0.3 is 0 Å². The van der Waals surface area contributed by atoms with E-state index >= 15 is 0 Å². The molecule has 0 fully saturated rings. The highest BCUT2D eigenvalue weighted by molar-refractivity contribution is 7.87. The molecule has 1 aromatic carbocycles. The Labute approximate surface area is 111 Å². The minimum absolute atomic E-state index is 0.108. The van der Waals surface area contributed by atoms with Gasteiger partial charge in [-0.1, -0.05) is 6.07 Å². The number of nitrogens with one attached hydrogen (secondary N) is 1. The maximum absolute atomic E-state index is 12.9. The fourth-order valence-electron chi connectivity index (χ4n) is 1.35. The van der Waals surface area contributed by atoms with Gasteiger partial charge in [0.15, 0.2) is 11.6 Å². The fourth-order valence-corrected chi connectivity index (χ4v) is 2.29. The van der Waals surface area contributed by atoms with Crippen LogP contribution in [0, 0.1) is 11.6 Å². The molecule has 0 amide bonds. The van der Waals surface area contributed by atoms with E-state index in [1.54, 1.807) is 0 Å². The van der Waals surface area contributed by atoms with E-state index in [1.165, 1.54) is 13.1 Å². The van der Waals surface area contributed by atoms with Gasteiger partial charge in [-0.25, -0.2) is 8.78 Å². The monoisotopic (exact) mass is 294 g/mol. The van der Waals surface area contributed by atoms with Crippen LogP contribution in [0.25, 0.3) is 0 Å². The molecule has 19 heavy (non-hydrogen) atoms. The molecule has 0 radical (unpaired) electrons. The molecule has 0 saturated carbocycles. The summed E-state index contributed by atoms with van der Waals surface area (Å²) in [6.45, 7) is -0.0738. The Balaban J connectivity index is 2.62. The highest BCUT2D eigenvalue weighted by Crippen LogP contribution is 2.09. The van der Waals surface area contributed by atoms with Crippen molar-refractivity contribution in [2.45, 2.75) is 13.0 Å². The first-order valence-electron chi connectivity index (χ1n) is 5.62.